The van der Waals surface area contributed by atoms with Crippen molar-refractivity contribution in [3.05, 3.63) is 32.5 Å². The second-order valence-corrected chi connectivity index (χ2v) is 7.51. The number of halogens is 1. The van der Waals surface area contributed by atoms with Gasteiger partial charge in [-0.3, -0.25) is 9.48 Å². The lowest BCUT2D eigenvalue weighted by Crippen LogP contribution is -2.20. The average Bonchev–Trinajstić information content (AvgIpc) is 3.09. The number of nitriles is 1. The highest BCUT2D eigenvalue weighted by atomic mass is 35.5. The van der Waals surface area contributed by atoms with E-state index in [4.69, 9.17) is 16.3 Å². The van der Waals surface area contributed by atoms with Gasteiger partial charge < -0.3 is 4.74 Å². The molecule has 0 aromatic carbocycles. The van der Waals surface area contributed by atoms with E-state index in [9.17, 15) is 14.9 Å². The molecule has 2 aromatic rings. The zero-order chi connectivity index (χ0) is 19.4. The first kappa shape index (κ1) is 20.1. The second-order valence-electron chi connectivity index (χ2n) is 6.26. The summed E-state index contributed by atoms with van der Waals surface area (Å²) in [5.74, 6) is -2.02. The van der Waals surface area contributed by atoms with Crippen molar-refractivity contribution in [3.8, 4) is 6.07 Å². The normalized spacial score (nSPS) is 12.0. The Morgan fingerprint density at radius 1 is 1.42 bits per heavy atom. The van der Waals surface area contributed by atoms with Gasteiger partial charge in [0, 0.05) is 17.6 Å². The first-order valence-electron chi connectivity index (χ1n) is 7.99. The van der Waals surface area contributed by atoms with Crippen LogP contribution in [0.25, 0.3) is 0 Å². The van der Waals surface area contributed by atoms with Gasteiger partial charge in [-0.2, -0.15) is 10.4 Å². The topological polar surface area (TPSA) is 97.9 Å². The smallest absolute Gasteiger partial charge is 0.343 e. The van der Waals surface area contributed by atoms with Gasteiger partial charge in [0.15, 0.2) is 18.3 Å². The van der Waals surface area contributed by atoms with Crippen LogP contribution in [-0.2, 0) is 16.1 Å². The fourth-order valence-electron chi connectivity index (χ4n) is 2.31. The third kappa shape index (κ3) is 4.48. The summed E-state index contributed by atoms with van der Waals surface area (Å²) < 4.78 is 6.62. The maximum Gasteiger partial charge on any atom is 0.343 e. The SMILES string of the molecule is Cc1csc([C@H](C#N)C(=O)COC(=O)c2c(C)nn(CC(C)C)c2Cl)n1. The molecular weight excluding hydrogens is 376 g/mol. The van der Waals surface area contributed by atoms with E-state index in [1.54, 1.807) is 19.2 Å². The second kappa shape index (κ2) is 8.43. The molecule has 0 aliphatic rings. The van der Waals surface area contributed by atoms with E-state index in [0.717, 1.165) is 5.69 Å². The molecule has 0 fully saturated rings. The highest BCUT2D eigenvalue weighted by Gasteiger charge is 2.27. The molecule has 9 heteroatoms. The number of hydrogen-bond donors (Lipinski definition) is 0. The number of aryl methyl sites for hydroxylation is 2. The molecular formula is C17H19ClN4O3S. The van der Waals surface area contributed by atoms with Crippen LogP contribution in [0.1, 0.15) is 46.5 Å². The van der Waals surface area contributed by atoms with E-state index >= 15 is 0 Å². The summed E-state index contributed by atoms with van der Waals surface area (Å²) in [7, 11) is 0. The Kier molecular flexibility index (Phi) is 6.51. The largest absolute Gasteiger partial charge is 0.454 e. The van der Waals surface area contributed by atoms with Gasteiger partial charge in [0.05, 0.1) is 11.8 Å². The van der Waals surface area contributed by atoms with Gasteiger partial charge in [0.1, 0.15) is 15.7 Å². The maximum atomic E-state index is 12.3. The van der Waals surface area contributed by atoms with Crippen LogP contribution in [0.15, 0.2) is 5.38 Å². The van der Waals surface area contributed by atoms with Gasteiger partial charge in [0.2, 0.25) is 0 Å². The highest BCUT2D eigenvalue weighted by molar-refractivity contribution is 7.09. The molecule has 0 N–H and O–H groups in total. The van der Waals surface area contributed by atoms with Gasteiger partial charge in [-0.1, -0.05) is 25.4 Å². The van der Waals surface area contributed by atoms with Crippen molar-refractivity contribution in [1.82, 2.24) is 14.8 Å². The number of aromatic nitrogens is 3. The monoisotopic (exact) mass is 394 g/mol. The average molecular weight is 395 g/mol. The molecule has 7 nitrogen and oxygen atoms in total. The molecule has 2 aromatic heterocycles. The molecule has 0 aliphatic heterocycles. The molecule has 0 bridgehead atoms. The van der Waals surface area contributed by atoms with Gasteiger partial charge in [-0.05, 0) is 19.8 Å². The Balaban J connectivity index is 2.07. The molecule has 0 unspecified atom stereocenters. The van der Waals surface area contributed by atoms with Crippen LogP contribution in [0, 0.1) is 31.1 Å². The molecule has 2 rings (SSSR count). The van der Waals surface area contributed by atoms with Gasteiger partial charge >= 0.3 is 5.97 Å². The summed E-state index contributed by atoms with van der Waals surface area (Å²) in [6.45, 7) is 7.47. The fraction of sp³-hybridized carbons (Fsp3) is 0.471. The first-order valence-corrected chi connectivity index (χ1v) is 9.24. The molecule has 0 amide bonds. The zero-order valence-electron chi connectivity index (χ0n) is 14.9. The molecule has 0 saturated carbocycles. The summed E-state index contributed by atoms with van der Waals surface area (Å²) in [4.78, 5) is 28.7. The number of carbonyl (C=O) groups is 2. The molecule has 0 saturated heterocycles. The van der Waals surface area contributed by atoms with Crippen molar-refractivity contribution in [3.63, 3.8) is 0 Å². The minimum Gasteiger partial charge on any atom is -0.454 e. The fourth-order valence-corrected chi connectivity index (χ4v) is 3.50. The number of rotatable bonds is 7. The van der Waals surface area contributed by atoms with E-state index in [-0.39, 0.29) is 10.7 Å². The van der Waals surface area contributed by atoms with Crippen LogP contribution in [0.2, 0.25) is 5.15 Å². The predicted octanol–water partition coefficient (Wildman–Crippen LogP) is 3.30. The maximum absolute atomic E-state index is 12.3. The lowest BCUT2D eigenvalue weighted by molar-refractivity contribution is -0.122. The Labute approximate surface area is 160 Å². The summed E-state index contributed by atoms with van der Waals surface area (Å²) >= 11 is 7.45. The minimum atomic E-state index is -1.05. The number of ketones is 1. The molecule has 0 spiro atoms. The van der Waals surface area contributed by atoms with E-state index < -0.39 is 24.3 Å². The van der Waals surface area contributed by atoms with Crippen molar-refractivity contribution in [2.45, 2.75) is 40.2 Å². The lowest BCUT2D eigenvalue weighted by atomic mass is 10.1. The Bertz CT molecular complexity index is 866. The van der Waals surface area contributed by atoms with E-state index in [1.165, 1.54) is 16.0 Å². The number of ether oxygens (including phenoxy) is 1. The standard InChI is InChI=1S/C17H19ClN4O3S/c1-9(2)6-22-15(18)14(11(4)21-22)17(24)25-7-13(23)12(5-19)16-20-10(3)8-26-16/h8-9,12H,6-7H2,1-4H3/t12-/m1/s1. The van der Waals surface area contributed by atoms with Gasteiger partial charge in [-0.25, -0.2) is 9.78 Å². The van der Waals surface area contributed by atoms with Crippen LogP contribution < -0.4 is 0 Å². The summed E-state index contributed by atoms with van der Waals surface area (Å²) in [6, 6.07) is 1.91. The van der Waals surface area contributed by atoms with Crippen molar-refractivity contribution < 1.29 is 14.3 Å². The van der Waals surface area contributed by atoms with E-state index in [0.29, 0.717) is 23.2 Å². The Morgan fingerprint density at radius 3 is 2.65 bits per heavy atom. The van der Waals surface area contributed by atoms with Crippen molar-refractivity contribution in [2.75, 3.05) is 6.61 Å². The van der Waals surface area contributed by atoms with Crippen molar-refractivity contribution in [2.24, 2.45) is 5.92 Å². The highest BCUT2D eigenvalue weighted by Crippen LogP contribution is 2.23. The van der Waals surface area contributed by atoms with Crippen LogP contribution in [0.4, 0.5) is 0 Å². The molecule has 138 valence electrons. The van der Waals surface area contributed by atoms with Crippen LogP contribution in [-0.4, -0.2) is 33.1 Å². The molecule has 26 heavy (non-hydrogen) atoms. The first-order chi connectivity index (χ1) is 12.2. The predicted molar refractivity (Wildman–Crippen MR) is 97.3 cm³/mol. The van der Waals surface area contributed by atoms with Gasteiger partial charge in [-0.15, -0.1) is 11.3 Å². The van der Waals surface area contributed by atoms with Crippen molar-refractivity contribution >= 4 is 34.7 Å². The van der Waals surface area contributed by atoms with Gasteiger partial charge in [0.25, 0.3) is 0 Å². The number of esters is 1. The summed E-state index contributed by atoms with van der Waals surface area (Å²) in [5, 5.41) is 15.8. The van der Waals surface area contributed by atoms with E-state index in [2.05, 4.69) is 10.1 Å². The number of nitrogens with zero attached hydrogens (tertiary/aromatic N) is 4. The third-order valence-electron chi connectivity index (χ3n) is 3.49. The number of hydrogen-bond acceptors (Lipinski definition) is 7. The number of thiazole rings is 1. The molecule has 0 radical (unpaired) electrons. The molecule has 1 atom stereocenters. The number of carbonyl (C=O) groups excluding carboxylic acids is 2. The van der Waals surface area contributed by atoms with Crippen LogP contribution >= 0.6 is 22.9 Å². The van der Waals surface area contributed by atoms with E-state index in [1.807, 2.05) is 19.9 Å². The molecule has 2 heterocycles. The summed E-state index contributed by atoms with van der Waals surface area (Å²) in [6.07, 6.45) is 0. The van der Waals surface area contributed by atoms with Crippen LogP contribution in [0.3, 0.4) is 0 Å². The Morgan fingerprint density at radius 2 is 2.12 bits per heavy atom. The lowest BCUT2D eigenvalue weighted by Gasteiger charge is -2.08. The third-order valence-corrected chi connectivity index (χ3v) is 4.90. The molecule has 0 aliphatic carbocycles. The Hall–Kier alpha value is -2.24. The summed E-state index contributed by atoms with van der Waals surface area (Å²) in [5.41, 5.74) is 1.30. The minimum absolute atomic E-state index is 0.138. The van der Waals surface area contributed by atoms with Crippen LogP contribution in [0.5, 0.6) is 0 Å². The van der Waals surface area contributed by atoms with Crippen molar-refractivity contribution in [1.29, 1.82) is 5.26 Å². The number of Topliss-reactive ketones (excluding diaryl/α,β-unsaturated/α-hetero) is 1. The zero-order valence-corrected chi connectivity index (χ0v) is 16.5. The quantitative estimate of drug-likeness (QED) is 0.668.